The van der Waals surface area contributed by atoms with Gasteiger partial charge in [0.1, 0.15) is 12.1 Å². The summed E-state index contributed by atoms with van der Waals surface area (Å²) < 4.78 is 11.2. The fourth-order valence-electron chi connectivity index (χ4n) is 2.17. The van der Waals surface area contributed by atoms with Crippen LogP contribution in [0, 0.1) is 0 Å². The minimum atomic E-state index is -0.475. The summed E-state index contributed by atoms with van der Waals surface area (Å²) in [6.45, 7) is 0. The first-order chi connectivity index (χ1) is 11.7. The summed E-state index contributed by atoms with van der Waals surface area (Å²) >= 11 is 0. The van der Waals surface area contributed by atoms with Gasteiger partial charge in [-0.1, -0.05) is 0 Å². The number of nitrogens with zero attached hydrogens (tertiary/aromatic N) is 4. The van der Waals surface area contributed by atoms with Crippen LogP contribution in [0.5, 0.6) is 0 Å². The first kappa shape index (κ1) is 13.9. The van der Waals surface area contributed by atoms with E-state index < -0.39 is 11.8 Å². The zero-order chi connectivity index (χ0) is 16.5. The fourth-order valence-corrected chi connectivity index (χ4v) is 2.17. The van der Waals surface area contributed by atoms with Crippen molar-refractivity contribution >= 4 is 28.7 Å². The Kier molecular flexibility index (Phi) is 3.16. The van der Waals surface area contributed by atoms with Gasteiger partial charge in [0.05, 0.1) is 24.1 Å². The molecule has 9 heteroatoms. The van der Waals surface area contributed by atoms with E-state index in [9.17, 15) is 9.59 Å². The average Bonchev–Trinajstić information content (AvgIpc) is 3.34. The maximum atomic E-state index is 12.3. The molecule has 9 nitrogen and oxygen atoms in total. The van der Waals surface area contributed by atoms with E-state index in [1.54, 1.807) is 12.1 Å². The zero-order valence-electron chi connectivity index (χ0n) is 12.0. The summed E-state index contributed by atoms with van der Waals surface area (Å²) in [4.78, 5) is 32.5. The first-order valence-electron chi connectivity index (χ1n) is 6.86. The molecule has 0 spiro atoms. The summed E-state index contributed by atoms with van der Waals surface area (Å²) in [5.74, 6) is -0.456. The molecule has 0 aromatic carbocycles. The van der Waals surface area contributed by atoms with Crippen LogP contribution in [0.4, 0.5) is 5.82 Å². The van der Waals surface area contributed by atoms with Crippen LogP contribution in [0.15, 0.2) is 58.2 Å². The van der Waals surface area contributed by atoms with Crippen LogP contribution >= 0.6 is 0 Å². The third kappa shape index (κ3) is 2.24. The van der Waals surface area contributed by atoms with E-state index in [0.29, 0.717) is 5.39 Å². The lowest BCUT2D eigenvalue weighted by Crippen LogP contribution is -2.14. The highest BCUT2D eigenvalue weighted by Crippen LogP contribution is 2.20. The molecule has 0 atom stereocenters. The molecule has 118 valence electrons. The molecular formula is C15H9N5O4. The van der Waals surface area contributed by atoms with E-state index in [1.807, 2.05) is 0 Å². The van der Waals surface area contributed by atoms with Crippen LogP contribution < -0.4 is 5.32 Å². The van der Waals surface area contributed by atoms with Crippen LogP contribution in [0.2, 0.25) is 0 Å². The maximum Gasteiger partial charge on any atom is 0.315 e. The molecule has 4 aromatic rings. The Labute approximate surface area is 133 Å². The number of amides is 1. The molecule has 24 heavy (non-hydrogen) atoms. The molecule has 0 aliphatic heterocycles. The standard InChI is InChI=1S/C15H9N5O4/c21-14(10-3-1-5-23-10)19-12-9-7-18-20(13(9)17-8-16-12)15(22)11-4-2-6-24-11/h1-8H,(H,16,17,19,21). The van der Waals surface area contributed by atoms with Gasteiger partial charge in [0, 0.05) is 0 Å². The molecule has 0 saturated heterocycles. The molecule has 0 fully saturated rings. The van der Waals surface area contributed by atoms with Crippen LogP contribution in [0.1, 0.15) is 21.1 Å². The Balaban J connectivity index is 1.71. The normalized spacial score (nSPS) is 10.8. The predicted molar refractivity (Wildman–Crippen MR) is 80.4 cm³/mol. The van der Waals surface area contributed by atoms with E-state index in [1.165, 1.54) is 37.2 Å². The van der Waals surface area contributed by atoms with Gasteiger partial charge in [0.25, 0.3) is 5.91 Å². The lowest BCUT2D eigenvalue weighted by Gasteiger charge is -2.03. The molecular weight excluding hydrogens is 314 g/mol. The quantitative estimate of drug-likeness (QED) is 0.612. The second-order valence-corrected chi connectivity index (χ2v) is 4.73. The van der Waals surface area contributed by atoms with Gasteiger partial charge in [0.15, 0.2) is 17.2 Å². The van der Waals surface area contributed by atoms with E-state index in [2.05, 4.69) is 20.4 Å². The minimum absolute atomic E-state index is 0.125. The van der Waals surface area contributed by atoms with Crippen LogP contribution in [0.25, 0.3) is 11.0 Å². The van der Waals surface area contributed by atoms with Gasteiger partial charge in [-0.25, -0.2) is 9.97 Å². The van der Waals surface area contributed by atoms with Crippen molar-refractivity contribution in [3.05, 3.63) is 60.8 Å². The molecule has 0 saturated carbocycles. The van der Waals surface area contributed by atoms with Crippen molar-refractivity contribution in [3.8, 4) is 0 Å². The number of rotatable bonds is 3. The van der Waals surface area contributed by atoms with E-state index >= 15 is 0 Å². The summed E-state index contributed by atoms with van der Waals surface area (Å²) in [5, 5.41) is 7.03. The van der Waals surface area contributed by atoms with Crippen LogP contribution in [-0.2, 0) is 0 Å². The predicted octanol–water partition coefficient (Wildman–Crippen LogP) is 1.95. The van der Waals surface area contributed by atoms with Crippen molar-refractivity contribution in [2.75, 3.05) is 5.32 Å². The second kappa shape index (κ2) is 5.47. The largest absolute Gasteiger partial charge is 0.459 e. The molecule has 1 N–H and O–H groups in total. The van der Waals surface area contributed by atoms with Crippen molar-refractivity contribution in [2.24, 2.45) is 0 Å². The van der Waals surface area contributed by atoms with E-state index in [0.717, 1.165) is 4.68 Å². The van der Waals surface area contributed by atoms with Crippen molar-refractivity contribution in [1.29, 1.82) is 0 Å². The Bertz CT molecular complexity index is 1020. The summed E-state index contributed by atoms with van der Waals surface area (Å²) in [6, 6.07) is 6.25. The van der Waals surface area contributed by atoms with Crippen molar-refractivity contribution in [3.63, 3.8) is 0 Å². The molecule has 1 amide bonds. The van der Waals surface area contributed by atoms with Gasteiger partial charge >= 0.3 is 5.91 Å². The Hall–Kier alpha value is -3.75. The van der Waals surface area contributed by atoms with Crippen molar-refractivity contribution in [2.45, 2.75) is 0 Å². The SMILES string of the molecule is O=C(Nc1ncnc2c1cnn2C(=O)c1ccco1)c1ccco1. The molecule has 0 aliphatic carbocycles. The number of anilines is 1. The third-order valence-corrected chi connectivity index (χ3v) is 3.27. The number of fused-ring (bicyclic) bond motifs is 1. The number of hydrogen-bond acceptors (Lipinski definition) is 7. The Morgan fingerprint density at radius 1 is 1.04 bits per heavy atom. The Morgan fingerprint density at radius 3 is 2.50 bits per heavy atom. The summed E-state index contributed by atoms with van der Waals surface area (Å²) in [6.07, 6.45) is 5.41. The highest BCUT2D eigenvalue weighted by atomic mass is 16.3. The number of carbonyl (C=O) groups excluding carboxylic acids is 2. The number of nitrogens with one attached hydrogen (secondary N) is 1. The number of aromatic nitrogens is 4. The molecule has 0 aliphatic rings. The second-order valence-electron chi connectivity index (χ2n) is 4.73. The number of hydrogen-bond donors (Lipinski definition) is 1. The van der Waals surface area contributed by atoms with Gasteiger partial charge in [-0.3, -0.25) is 9.59 Å². The van der Waals surface area contributed by atoms with Gasteiger partial charge in [-0.15, -0.1) is 0 Å². The number of furan rings is 2. The average molecular weight is 323 g/mol. The van der Waals surface area contributed by atoms with Gasteiger partial charge in [0.2, 0.25) is 0 Å². The van der Waals surface area contributed by atoms with Gasteiger partial charge in [-0.2, -0.15) is 9.78 Å². The summed E-state index contributed by atoms with van der Waals surface area (Å²) in [7, 11) is 0. The lowest BCUT2D eigenvalue weighted by atomic mass is 10.3. The Morgan fingerprint density at radius 2 is 1.79 bits per heavy atom. The van der Waals surface area contributed by atoms with Gasteiger partial charge in [-0.05, 0) is 24.3 Å². The monoisotopic (exact) mass is 323 g/mol. The zero-order valence-corrected chi connectivity index (χ0v) is 12.0. The molecule has 0 radical (unpaired) electrons. The topological polar surface area (TPSA) is 116 Å². The molecule has 0 bridgehead atoms. The van der Waals surface area contributed by atoms with Gasteiger partial charge < -0.3 is 14.2 Å². The first-order valence-corrected chi connectivity index (χ1v) is 6.86. The molecule has 4 rings (SSSR count). The van der Waals surface area contributed by atoms with Crippen LogP contribution in [0.3, 0.4) is 0 Å². The molecule has 4 heterocycles. The molecule has 0 unspecified atom stereocenters. The highest BCUT2D eigenvalue weighted by molar-refractivity contribution is 6.07. The highest BCUT2D eigenvalue weighted by Gasteiger charge is 2.19. The maximum absolute atomic E-state index is 12.3. The van der Waals surface area contributed by atoms with Crippen molar-refractivity contribution < 1.29 is 18.4 Å². The van der Waals surface area contributed by atoms with Crippen molar-refractivity contribution in [1.82, 2.24) is 19.7 Å². The summed E-state index contributed by atoms with van der Waals surface area (Å²) in [5.41, 5.74) is 0.251. The fraction of sp³-hybridized carbons (Fsp3) is 0. The lowest BCUT2D eigenvalue weighted by molar-refractivity contribution is 0.0921. The van der Waals surface area contributed by atoms with E-state index in [4.69, 9.17) is 8.83 Å². The molecule has 4 aromatic heterocycles. The van der Waals surface area contributed by atoms with Crippen LogP contribution in [-0.4, -0.2) is 31.6 Å². The smallest absolute Gasteiger partial charge is 0.315 e. The number of carbonyl (C=O) groups is 2. The third-order valence-electron chi connectivity index (χ3n) is 3.27. The van der Waals surface area contributed by atoms with E-state index in [-0.39, 0.29) is 23.0 Å². The minimum Gasteiger partial charge on any atom is -0.459 e.